The molecule has 2 N–H and O–H groups in total. The number of ether oxygens (including phenoxy) is 1. The Morgan fingerprint density at radius 3 is 1.35 bits per heavy atom. The average Bonchev–Trinajstić information content (AvgIpc) is 2.76. The normalized spacial score (nSPS) is 11.0. The van der Waals surface area contributed by atoms with E-state index in [-0.39, 0.29) is 11.5 Å². The van der Waals surface area contributed by atoms with Gasteiger partial charge in [-0.05, 0) is 73.2 Å². The molecular weight excluding hydrogens is 384 g/mol. The Balaban J connectivity index is 1.99. The van der Waals surface area contributed by atoms with Gasteiger partial charge in [0.15, 0.2) is 0 Å². The molecule has 0 aromatic heterocycles. The number of unbranched alkanes of at least 4 members (excludes halogenated alkanes) is 10. The Bertz CT molecular complexity index is 690. The summed E-state index contributed by atoms with van der Waals surface area (Å²) in [5, 5.41) is 20.0. The number of phenolic OH excluding ortho intramolecular Hbond substituents is 2. The maximum atomic E-state index is 9.98. The van der Waals surface area contributed by atoms with Crippen LogP contribution in [-0.4, -0.2) is 10.2 Å². The molecule has 0 spiro atoms. The lowest BCUT2D eigenvalue weighted by molar-refractivity contribution is 0.448. The Hall–Kier alpha value is -2.16. The maximum absolute atomic E-state index is 9.98. The number of benzene rings is 2. The molecule has 0 amide bonds. The number of phenols is 2. The SMILES string of the molecule is CCCCCCCCc1cc(O)ccc1Oc1ccc(O)cc1CCCCCCCC. The van der Waals surface area contributed by atoms with Crippen molar-refractivity contribution in [3.05, 3.63) is 47.5 Å². The summed E-state index contributed by atoms with van der Waals surface area (Å²) in [6.07, 6.45) is 16.7. The van der Waals surface area contributed by atoms with E-state index in [4.69, 9.17) is 4.74 Å². The molecule has 0 aliphatic heterocycles. The van der Waals surface area contributed by atoms with Gasteiger partial charge < -0.3 is 14.9 Å². The molecule has 0 heterocycles. The van der Waals surface area contributed by atoms with Crippen molar-refractivity contribution in [3.8, 4) is 23.0 Å². The van der Waals surface area contributed by atoms with Crippen molar-refractivity contribution in [1.29, 1.82) is 0 Å². The largest absolute Gasteiger partial charge is 0.508 e. The van der Waals surface area contributed by atoms with Gasteiger partial charge in [0.2, 0.25) is 0 Å². The van der Waals surface area contributed by atoms with Crippen LogP contribution in [0.2, 0.25) is 0 Å². The third-order valence-electron chi connectivity index (χ3n) is 5.91. The number of hydrogen-bond acceptors (Lipinski definition) is 3. The molecule has 0 aliphatic carbocycles. The topological polar surface area (TPSA) is 49.7 Å². The molecule has 2 aromatic carbocycles. The van der Waals surface area contributed by atoms with Crippen LogP contribution in [0.5, 0.6) is 23.0 Å². The summed E-state index contributed by atoms with van der Waals surface area (Å²) < 4.78 is 6.32. The molecule has 172 valence electrons. The fourth-order valence-electron chi connectivity index (χ4n) is 4.03. The van der Waals surface area contributed by atoms with Crippen molar-refractivity contribution < 1.29 is 14.9 Å². The lowest BCUT2D eigenvalue weighted by Crippen LogP contribution is -1.96. The van der Waals surface area contributed by atoms with Crippen LogP contribution >= 0.6 is 0 Å². The summed E-state index contributed by atoms with van der Waals surface area (Å²) in [6.45, 7) is 4.47. The van der Waals surface area contributed by atoms with Crippen LogP contribution in [0.1, 0.15) is 102 Å². The van der Waals surface area contributed by atoms with E-state index in [2.05, 4.69) is 13.8 Å². The monoisotopic (exact) mass is 426 g/mol. The Morgan fingerprint density at radius 2 is 0.935 bits per heavy atom. The van der Waals surface area contributed by atoms with E-state index in [0.717, 1.165) is 48.3 Å². The zero-order valence-corrected chi connectivity index (χ0v) is 19.7. The first-order valence-corrected chi connectivity index (χ1v) is 12.5. The first-order chi connectivity index (χ1) is 15.1. The number of rotatable bonds is 16. The van der Waals surface area contributed by atoms with Crippen molar-refractivity contribution in [1.82, 2.24) is 0 Å². The van der Waals surface area contributed by atoms with Crippen molar-refractivity contribution in [2.24, 2.45) is 0 Å². The number of hydrogen-bond donors (Lipinski definition) is 2. The van der Waals surface area contributed by atoms with Crippen molar-refractivity contribution in [2.75, 3.05) is 0 Å². The van der Waals surface area contributed by atoms with Crippen LogP contribution in [0, 0.1) is 0 Å². The number of aryl methyl sites for hydroxylation is 2. The lowest BCUT2D eigenvalue weighted by Gasteiger charge is -2.15. The molecule has 0 fully saturated rings. The van der Waals surface area contributed by atoms with Gasteiger partial charge in [-0.15, -0.1) is 0 Å². The van der Waals surface area contributed by atoms with Crippen molar-refractivity contribution in [2.45, 2.75) is 104 Å². The van der Waals surface area contributed by atoms with Gasteiger partial charge in [-0.2, -0.15) is 0 Å². The van der Waals surface area contributed by atoms with E-state index >= 15 is 0 Å². The van der Waals surface area contributed by atoms with E-state index in [1.54, 1.807) is 12.1 Å². The second kappa shape index (κ2) is 14.8. The number of aromatic hydroxyl groups is 2. The zero-order chi connectivity index (χ0) is 22.3. The second-order valence-electron chi connectivity index (χ2n) is 8.72. The highest BCUT2D eigenvalue weighted by Crippen LogP contribution is 2.34. The quantitative estimate of drug-likeness (QED) is 0.264. The van der Waals surface area contributed by atoms with Crippen LogP contribution in [0.25, 0.3) is 0 Å². The molecule has 3 heteroatoms. The molecule has 0 atom stereocenters. The zero-order valence-electron chi connectivity index (χ0n) is 19.7. The third kappa shape index (κ3) is 9.67. The van der Waals surface area contributed by atoms with E-state index in [1.165, 1.54) is 64.2 Å². The Labute approximate surface area is 189 Å². The lowest BCUT2D eigenvalue weighted by atomic mass is 10.0. The van der Waals surface area contributed by atoms with Gasteiger partial charge >= 0.3 is 0 Å². The molecule has 2 aromatic rings. The first kappa shape index (κ1) is 25.1. The third-order valence-corrected chi connectivity index (χ3v) is 5.91. The highest BCUT2D eigenvalue weighted by molar-refractivity contribution is 5.46. The first-order valence-electron chi connectivity index (χ1n) is 12.5. The molecule has 3 nitrogen and oxygen atoms in total. The molecule has 0 radical (unpaired) electrons. The second-order valence-corrected chi connectivity index (χ2v) is 8.72. The summed E-state index contributed by atoms with van der Waals surface area (Å²) in [5.74, 6) is 2.18. The van der Waals surface area contributed by atoms with Gasteiger partial charge in [0, 0.05) is 0 Å². The molecule has 31 heavy (non-hydrogen) atoms. The average molecular weight is 427 g/mol. The minimum atomic E-state index is 0.284. The summed E-state index contributed by atoms with van der Waals surface area (Å²) >= 11 is 0. The maximum Gasteiger partial charge on any atom is 0.130 e. The van der Waals surface area contributed by atoms with Crippen molar-refractivity contribution in [3.63, 3.8) is 0 Å². The minimum Gasteiger partial charge on any atom is -0.508 e. The summed E-state index contributed by atoms with van der Waals surface area (Å²) in [5.41, 5.74) is 2.10. The predicted octanol–water partition coefficient (Wildman–Crippen LogP) is 8.70. The van der Waals surface area contributed by atoms with E-state index in [0.29, 0.717) is 0 Å². The van der Waals surface area contributed by atoms with Crippen LogP contribution in [0.3, 0.4) is 0 Å². The van der Waals surface area contributed by atoms with E-state index in [9.17, 15) is 10.2 Å². The predicted molar refractivity (Wildman–Crippen MR) is 130 cm³/mol. The van der Waals surface area contributed by atoms with Gasteiger partial charge in [0.1, 0.15) is 23.0 Å². The molecule has 0 unspecified atom stereocenters. The fourth-order valence-corrected chi connectivity index (χ4v) is 4.03. The fraction of sp³-hybridized carbons (Fsp3) is 0.571. The van der Waals surface area contributed by atoms with Gasteiger partial charge in [-0.1, -0.05) is 78.1 Å². The van der Waals surface area contributed by atoms with Crippen LogP contribution in [-0.2, 0) is 12.8 Å². The highest BCUT2D eigenvalue weighted by Gasteiger charge is 2.11. The van der Waals surface area contributed by atoms with Crippen LogP contribution in [0.4, 0.5) is 0 Å². The molecule has 0 saturated heterocycles. The Kier molecular flexibility index (Phi) is 12.0. The highest BCUT2D eigenvalue weighted by atomic mass is 16.5. The summed E-state index contributed by atoms with van der Waals surface area (Å²) in [6, 6.07) is 10.8. The van der Waals surface area contributed by atoms with E-state index < -0.39 is 0 Å². The minimum absolute atomic E-state index is 0.284. The Morgan fingerprint density at radius 1 is 0.548 bits per heavy atom. The van der Waals surface area contributed by atoms with Gasteiger partial charge in [-0.3, -0.25) is 0 Å². The van der Waals surface area contributed by atoms with Gasteiger partial charge in [0.25, 0.3) is 0 Å². The van der Waals surface area contributed by atoms with Crippen LogP contribution in [0.15, 0.2) is 36.4 Å². The molecule has 2 rings (SSSR count). The van der Waals surface area contributed by atoms with Gasteiger partial charge in [0.05, 0.1) is 0 Å². The molecule has 0 aliphatic rings. The smallest absolute Gasteiger partial charge is 0.130 e. The standard InChI is InChI=1S/C28H42O3/c1-3-5-7-9-11-13-15-23-21-25(29)17-19-27(23)31-28-20-18-26(30)22-24(28)16-14-12-10-8-6-4-2/h17-22,29-30H,3-16H2,1-2H3. The van der Waals surface area contributed by atoms with Gasteiger partial charge in [-0.25, -0.2) is 0 Å². The van der Waals surface area contributed by atoms with E-state index in [1.807, 2.05) is 24.3 Å². The summed E-state index contributed by atoms with van der Waals surface area (Å²) in [4.78, 5) is 0. The van der Waals surface area contributed by atoms with Crippen LogP contribution < -0.4 is 4.74 Å². The van der Waals surface area contributed by atoms with Crippen molar-refractivity contribution >= 4 is 0 Å². The molecular formula is C28H42O3. The molecule has 0 saturated carbocycles. The summed E-state index contributed by atoms with van der Waals surface area (Å²) in [7, 11) is 0. The molecule has 0 bridgehead atoms.